The summed E-state index contributed by atoms with van der Waals surface area (Å²) in [6.07, 6.45) is 9.88. The van der Waals surface area contributed by atoms with Crippen LogP contribution in [-0.2, 0) is 17.3 Å². The van der Waals surface area contributed by atoms with Crippen LogP contribution in [0.4, 0.5) is 51.2 Å². The molecule has 0 spiro atoms. The minimum absolute atomic E-state index is 0. The smallest absolute Gasteiger partial charge is 0.151 e. The van der Waals surface area contributed by atoms with Gasteiger partial charge in [-0.25, -0.2) is 0 Å². The number of anilines is 9. The number of aromatic nitrogens is 2. The van der Waals surface area contributed by atoms with Crippen molar-refractivity contribution in [2.45, 2.75) is 221 Å². The first-order valence-electron chi connectivity index (χ1n) is 47.8. The van der Waals surface area contributed by atoms with Gasteiger partial charge < -0.3 is 28.6 Å². The van der Waals surface area contributed by atoms with E-state index < -0.39 is 0 Å². The van der Waals surface area contributed by atoms with E-state index in [1.807, 2.05) is 35.7 Å². The summed E-state index contributed by atoms with van der Waals surface area (Å²) in [4.78, 5) is 12.6. The molecule has 0 amide bonds. The van der Waals surface area contributed by atoms with Crippen LogP contribution in [0.15, 0.2) is 299 Å². The Morgan fingerprint density at radius 2 is 0.640 bits per heavy atom. The molecule has 692 valence electrons. The van der Waals surface area contributed by atoms with Crippen LogP contribution in [0.5, 0.6) is 11.5 Å². The highest BCUT2D eigenvalue weighted by Gasteiger charge is 2.33. The molecule has 0 radical (unpaired) electrons. The van der Waals surface area contributed by atoms with Gasteiger partial charge in [0.1, 0.15) is 0 Å². The van der Waals surface area contributed by atoms with E-state index in [-0.39, 0.29) is 19.4 Å². The minimum Gasteiger partial charge on any atom is -0.453 e. The molecule has 8 heteroatoms. The summed E-state index contributed by atoms with van der Waals surface area (Å²) in [5.74, 6) is 20.7. The highest BCUT2D eigenvalue weighted by atomic mass is 32.2. The normalized spacial score (nSPS) is 12.2. The molecule has 2 aromatic heterocycles. The van der Waals surface area contributed by atoms with Gasteiger partial charge >= 0.3 is 0 Å². The molecule has 3 aliphatic rings. The summed E-state index contributed by atoms with van der Waals surface area (Å²) in [5.41, 5.74) is 43.2. The molecule has 0 fully saturated rings. The Labute approximate surface area is 826 Å². The van der Waals surface area contributed by atoms with Crippen molar-refractivity contribution < 1.29 is 13.3 Å². The number of terminal acetylenes is 1. The van der Waals surface area contributed by atoms with Gasteiger partial charge in [-0.3, -0.25) is 0 Å². The molecule has 3 aliphatic heterocycles. The van der Waals surface area contributed by atoms with E-state index in [1.165, 1.54) is 228 Å². The molecular formula is C128H137N5OS2. The van der Waals surface area contributed by atoms with Crippen LogP contribution in [0.3, 0.4) is 0 Å². The predicted octanol–water partition coefficient (Wildman–Crippen LogP) is 37.3. The number of aryl methyl sites for hydroxylation is 15. The lowest BCUT2D eigenvalue weighted by molar-refractivity contribution is 0.476. The third-order valence-electron chi connectivity index (χ3n) is 26.1. The number of nitrogens with zero attached hydrogens (tertiary/aromatic N) is 5. The monoisotopic (exact) mass is 1820 g/mol. The number of ether oxygens (including phenoxy) is 1. The second-order valence-electron chi connectivity index (χ2n) is 39.4. The Morgan fingerprint density at radius 3 is 0.993 bits per heavy atom. The zero-order valence-corrected chi connectivity index (χ0v) is 85.1. The maximum atomic E-state index is 6.31. The lowest BCUT2D eigenvalue weighted by atomic mass is 9.84. The molecule has 5 heterocycles. The van der Waals surface area contributed by atoms with Gasteiger partial charge in [0.2, 0.25) is 0 Å². The Bertz CT molecular complexity index is 7250. The number of hydrogen-bond donors (Lipinski definition) is 0. The van der Waals surface area contributed by atoms with Gasteiger partial charge in [0.05, 0.1) is 67.6 Å². The second kappa shape index (κ2) is 40.3. The topological polar surface area (TPSA) is 28.8 Å². The van der Waals surface area contributed by atoms with Gasteiger partial charge in [-0.1, -0.05) is 230 Å². The van der Waals surface area contributed by atoms with Gasteiger partial charge in [0.15, 0.2) is 11.5 Å². The van der Waals surface area contributed by atoms with Crippen molar-refractivity contribution in [3.8, 4) is 70.7 Å². The van der Waals surface area contributed by atoms with E-state index in [1.54, 1.807) is 0 Å². The molecule has 0 aliphatic carbocycles. The van der Waals surface area contributed by atoms with Crippen molar-refractivity contribution in [2.24, 2.45) is 0 Å². The van der Waals surface area contributed by atoms with Crippen LogP contribution in [0.2, 0.25) is 0 Å². The summed E-state index contributed by atoms with van der Waals surface area (Å²) < 4.78 is 11.0. The van der Waals surface area contributed by atoms with Gasteiger partial charge in [-0.2, -0.15) is 0 Å². The third-order valence-corrected chi connectivity index (χ3v) is 28.3. The Hall–Kier alpha value is -14.0. The molecule has 0 N–H and O–H groups in total. The fourth-order valence-electron chi connectivity index (χ4n) is 18.7. The summed E-state index contributed by atoms with van der Waals surface area (Å²) in [5, 5.41) is 5.22. The van der Waals surface area contributed by atoms with Gasteiger partial charge in [-0.05, 0) is 416 Å². The van der Waals surface area contributed by atoms with Crippen LogP contribution < -0.4 is 19.4 Å². The van der Waals surface area contributed by atoms with Crippen molar-refractivity contribution in [3.63, 3.8) is 0 Å². The molecule has 136 heavy (non-hydrogen) atoms. The summed E-state index contributed by atoms with van der Waals surface area (Å²) in [6, 6.07) is 103. The lowest BCUT2D eigenvalue weighted by Crippen LogP contribution is -2.19. The van der Waals surface area contributed by atoms with Crippen molar-refractivity contribution in [3.05, 3.63) is 385 Å². The minimum atomic E-state index is 0. The van der Waals surface area contributed by atoms with Crippen molar-refractivity contribution >= 4 is 118 Å². The average Bonchev–Trinajstić information content (AvgIpc) is 1.43. The van der Waals surface area contributed by atoms with Crippen LogP contribution in [0.1, 0.15) is 202 Å². The zero-order chi connectivity index (χ0) is 96.3. The first-order valence-corrected chi connectivity index (χ1v) is 49.4. The van der Waals surface area contributed by atoms with Crippen molar-refractivity contribution in [1.82, 2.24) is 9.13 Å². The SMILES string of the molecule is C#CC#CC#CC#Cc1ccc(-n2c3ccc(C)cc3c3cc(C)ccc32)cc1.CCC(C)c1ccc(-n2c3ccc(C)cc3c3cc(C)ccc32)cc1.CCCCc1ccc(N2c3ccc(C)cc3Sc3cc(C)ccc32)cc1.Cc1ccc2c(c1)Oc1cc(C)ccc1N2c1c(C)cc(C(C)(C)C)cc1C.Cc1ccc2c(c1)Sc1cc(C)ccc1N2c1c(C)cc(C(C)(C)C)cc1C.[HH].[HH].[HH].[HH].[HH].[HH]. The fourth-order valence-corrected chi connectivity index (χ4v) is 21.2. The average molecular weight is 1830 g/mol. The standard InChI is InChI=1S/C28H17N.C26H29NO.C26H29NS.C24H25NS.C24H25N.6H2/c1-4-5-6-7-8-9-10-23-13-15-24(16-14-23)29-27-17-11-21(2)19-25(27)26-20-22(3)12-18-28(26)29;2*1-16-8-10-21-23(12-16)28-24-13-17(2)9-11-22(24)27(21)25-18(3)14-20(15-19(25)4)26(5,6)7;1-4-5-6-19-9-11-20(12-10-19)25-21-13-7-17(2)15-23(21)26-24-16-18(3)8-14-22(24)25;1-5-18(4)19-8-10-20(11-9-19)25-23-12-6-16(2)14-21(23)22-15-17(3)7-13-24(22)25;;;;;;/h1,11-20H,2-3H3;2*8-15H,1-7H3;7-16H,4-6H2,1-3H3;6-15,18H,5H2,1-4H3;6*1H. The molecular weight excluding hydrogens is 1690 g/mol. The molecule has 0 bridgehead atoms. The maximum Gasteiger partial charge on any atom is 0.151 e. The Morgan fingerprint density at radius 1 is 0.331 bits per heavy atom. The second-order valence-corrected chi connectivity index (χ2v) is 41.6. The predicted molar refractivity (Wildman–Crippen MR) is 598 cm³/mol. The molecule has 0 saturated heterocycles. The van der Waals surface area contributed by atoms with E-state index in [0.29, 0.717) is 5.92 Å². The first kappa shape index (κ1) is 95.2. The Balaban J connectivity index is 0.000000181. The molecule has 6 nitrogen and oxygen atoms in total. The van der Waals surface area contributed by atoms with Gasteiger partial charge in [0, 0.05) is 72.3 Å². The summed E-state index contributed by atoms with van der Waals surface area (Å²) in [7, 11) is 0. The van der Waals surface area contributed by atoms with Gasteiger partial charge in [-0.15, -0.1) is 6.42 Å². The summed E-state index contributed by atoms with van der Waals surface area (Å²) >= 11 is 3.77. The molecule has 1 atom stereocenters. The van der Waals surface area contributed by atoms with Crippen LogP contribution >= 0.6 is 23.5 Å². The largest absolute Gasteiger partial charge is 0.453 e. The maximum absolute atomic E-state index is 6.31. The Kier molecular flexibility index (Phi) is 28.2. The van der Waals surface area contributed by atoms with Crippen LogP contribution in [0.25, 0.3) is 55.0 Å². The van der Waals surface area contributed by atoms with Crippen molar-refractivity contribution in [2.75, 3.05) is 14.7 Å². The van der Waals surface area contributed by atoms with E-state index in [0.717, 1.165) is 40.5 Å². The van der Waals surface area contributed by atoms with E-state index in [2.05, 4.69) is 491 Å². The van der Waals surface area contributed by atoms with Crippen LogP contribution in [-0.4, -0.2) is 9.13 Å². The quantitative estimate of drug-likeness (QED) is 0.127. The first-order chi connectivity index (χ1) is 65.2. The number of fused-ring (bicyclic) bond motifs is 12. The molecule has 15 aromatic carbocycles. The number of unbranched alkanes of at least 4 members (excludes halogenated alkanes) is 1. The number of benzene rings is 15. The van der Waals surface area contributed by atoms with E-state index in [4.69, 9.17) is 11.2 Å². The molecule has 0 saturated carbocycles. The highest BCUT2D eigenvalue weighted by Crippen LogP contribution is 2.57. The number of hydrogen-bond acceptors (Lipinski definition) is 6. The number of rotatable bonds is 10. The van der Waals surface area contributed by atoms with Crippen LogP contribution in [0, 0.1) is 145 Å². The molecule has 20 rings (SSSR count). The van der Waals surface area contributed by atoms with E-state index >= 15 is 0 Å². The summed E-state index contributed by atoms with van der Waals surface area (Å²) in [6.45, 7) is 50.9. The highest BCUT2D eigenvalue weighted by molar-refractivity contribution is 8.00. The molecule has 17 aromatic rings. The molecule has 1 unspecified atom stereocenters. The van der Waals surface area contributed by atoms with Crippen molar-refractivity contribution in [1.29, 1.82) is 0 Å². The fraction of sp³-hybridized carbons (Fsp3) is 0.234. The zero-order valence-electron chi connectivity index (χ0n) is 83.5. The third kappa shape index (κ3) is 20.5. The van der Waals surface area contributed by atoms with E-state index in [9.17, 15) is 0 Å². The van der Waals surface area contributed by atoms with Gasteiger partial charge in [0.25, 0.3) is 0 Å². The lowest BCUT2D eigenvalue weighted by Gasteiger charge is -2.36.